The number of amides is 2. The van der Waals surface area contributed by atoms with E-state index in [9.17, 15) is 14.4 Å². The lowest BCUT2D eigenvalue weighted by atomic mass is 9.85. The number of nitrogens with zero attached hydrogens (tertiary/aromatic N) is 1. The van der Waals surface area contributed by atoms with E-state index in [2.05, 4.69) is 0 Å². The van der Waals surface area contributed by atoms with E-state index >= 15 is 0 Å². The summed E-state index contributed by atoms with van der Waals surface area (Å²) in [5.41, 5.74) is 2.05. The molecule has 0 aromatic heterocycles. The Bertz CT molecular complexity index is 737. The molecular formula is C19H19NO4. The van der Waals surface area contributed by atoms with Gasteiger partial charge in [-0.1, -0.05) is 42.3 Å². The molecule has 2 atom stereocenters. The molecule has 24 heavy (non-hydrogen) atoms. The molecule has 1 saturated heterocycles. The van der Waals surface area contributed by atoms with Crippen molar-refractivity contribution in [1.82, 2.24) is 4.90 Å². The molecule has 1 unspecified atom stereocenters. The summed E-state index contributed by atoms with van der Waals surface area (Å²) < 4.78 is 5.12. The van der Waals surface area contributed by atoms with Crippen LogP contribution >= 0.6 is 0 Å². The fourth-order valence-electron chi connectivity index (χ4n) is 4.09. The van der Waals surface area contributed by atoms with Gasteiger partial charge in [0, 0.05) is 6.42 Å². The minimum atomic E-state index is -0.658. The topological polar surface area (TPSA) is 63.7 Å². The van der Waals surface area contributed by atoms with Crippen LogP contribution in [0.1, 0.15) is 43.7 Å². The van der Waals surface area contributed by atoms with Gasteiger partial charge in [-0.05, 0) is 30.7 Å². The predicted molar refractivity (Wildman–Crippen MR) is 86.0 cm³/mol. The number of hydrogen-bond acceptors (Lipinski definition) is 4. The first kappa shape index (κ1) is 15.1. The van der Waals surface area contributed by atoms with Crippen LogP contribution in [0.25, 0.3) is 0 Å². The summed E-state index contributed by atoms with van der Waals surface area (Å²) >= 11 is 0. The molecule has 5 nitrogen and oxygen atoms in total. The smallest absolute Gasteiger partial charge is 0.417 e. The number of ether oxygens (including phenoxy) is 1. The average Bonchev–Trinajstić information content (AvgIpc) is 3.14. The lowest BCUT2D eigenvalue weighted by molar-refractivity contribution is -0.128. The van der Waals surface area contributed by atoms with Gasteiger partial charge in [-0.3, -0.25) is 9.59 Å². The molecule has 1 heterocycles. The number of ketones is 1. The predicted octanol–water partition coefficient (Wildman–Crippen LogP) is 3.17. The van der Waals surface area contributed by atoms with Gasteiger partial charge in [0.15, 0.2) is 5.78 Å². The number of rotatable bonds is 2. The third kappa shape index (κ3) is 2.35. The molecule has 0 spiro atoms. The van der Waals surface area contributed by atoms with Crippen LogP contribution in [0.5, 0.6) is 0 Å². The van der Waals surface area contributed by atoms with Gasteiger partial charge in [0.05, 0.1) is 5.57 Å². The average molecular weight is 325 g/mol. The van der Waals surface area contributed by atoms with Crippen molar-refractivity contribution >= 4 is 17.8 Å². The largest absolute Gasteiger partial charge is 0.446 e. The summed E-state index contributed by atoms with van der Waals surface area (Å²) in [6.45, 7) is 0.134. The third-order valence-electron chi connectivity index (χ3n) is 5.26. The molecule has 1 aromatic carbocycles. The number of allylic oxidation sites excluding steroid dienone is 1. The molecule has 1 aromatic rings. The van der Waals surface area contributed by atoms with Crippen molar-refractivity contribution in [2.75, 3.05) is 6.61 Å². The minimum absolute atomic E-state index is 0.117. The first-order valence-electron chi connectivity index (χ1n) is 8.48. The van der Waals surface area contributed by atoms with Crippen molar-refractivity contribution in [2.45, 2.75) is 38.1 Å². The Hall–Kier alpha value is -2.43. The van der Waals surface area contributed by atoms with Crippen LogP contribution in [-0.2, 0) is 14.3 Å². The lowest BCUT2D eigenvalue weighted by Gasteiger charge is -2.23. The highest BCUT2D eigenvalue weighted by Gasteiger charge is 2.45. The standard InChI is InChI=1S/C19H19NO4/c21-16-10-13-8-4-5-9-14(13)17(16)18(22)20-15(11-24-19(20)23)12-6-2-1-3-7-12/h1-3,6-7,13,15H,4-5,8-11H2/t13?,15-/m1/s1. The van der Waals surface area contributed by atoms with Crippen LogP contribution in [0.4, 0.5) is 4.79 Å². The van der Waals surface area contributed by atoms with Crippen molar-refractivity contribution in [3.8, 4) is 0 Å². The highest BCUT2D eigenvalue weighted by Crippen LogP contribution is 2.42. The molecular weight excluding hydrogens is 306 g/mol. The number of carbonyl (C=O) groups excluding carboxylic acids is 3. The maximum atomic E-state index is 13.1. The van der Waals surface area contributed by atoms with Gasteiger partial charge < -0.3 is 4.74 Å². The van der Waals surface area contributed by atoms with E-state index in [0.717, 1.165) is 41.7 Å². The molecule has 0 radical (unpaired) electrons. The lowest BCUT2D eigenvalue weighted by Crippen LogP contribution is -2.36. The normalized spacial score (nSPS) is 26.6. The summed E-state index contributed by atoms with van der Waals surface area (Å²) in [4.78, 5) is 38.8. The number of benzene rings is 1. The Morgan fingerprint density at radius 3 is 2.71 bits per heavy atom. The van der Waals surface area contributed by atoms with E-state index in [1.54, 1.807) is 0 Å². The van der Waals surface area contributed by atoms with Gasteiger partial charge in [-0.2, -0.15) is 0 Å². The van der Waals surface area contributed by atoms with Gasteiger partial charge in [0.25, 0.3) is 5.91 Å². The van der Waals surface area contributed by atoms with Crippen molar-refractivity contribution in [1.29, 1.82) is 0 Å². The van der Waals surface area contributed by atoms with Crippen LogP contribution in [-0.4, -0.2) is 29.3 Å². The van der Waals surface area contributed by atoms with Gasteiger partial charge >= 0.3 is 6.09 Å². The third-order valence-corrected chi connectivity index (χ3v) is 5.26. The number of fused-ring (bicyclic) bond motifs is 1. The molecule has 124 valence electrons. The number of carbonyl (C=O) groups is 3. The Balaban J connectivity index is 1.70. The molecule has 2 amide bonds. The van der Waals surface area contributed by atoms with Gasteiger partial charge in [0.2, 0.25) is 0 Å². The maximum Gasteiger partial charge on any atom is 0.417 e. The molecule has 2 aliphatic carbocycles. The molecule has 3 aliphatic rings. The molecule has 0 N–H and O–H groups in total. The number of imide groups is 1. The zero-order valence-electron chi connectivity index (χ0n) is 13.4. The summed E-state index contributed by atoms with van der Waals surface area (Å²) in [7, 11) is 0. The van der Waals surface area contributed by atoms with E-state index in [-0.39, 0.29) is 23.9 Å². The summed E-state index contributed by atoms with van der Waals surface area (Å²) in [5.74, 6) is -0.400. The second kappa shape index (κ2) is 5.89. The second-order valence-corrected chi connectivity index (χ2v) is 6.65. The zero-order chi connectivity index (χ0) is 16.7. The van der Waals surface area contributed by atoms with Gasteiger partial charge in [-0.15, -0.1) is 0 Å². The van der Waals surface area contributed by atoms with E-state index in [1.807, 2.05) is 30.3 Å². The highest BCUT2D eigenvalue weighted by atomic mass is 16.6. The molecule has 0 bridgehead atoms. The Kier molecular flexibility index (Phi) is 3.71. The Morgan fingerprint density at radius 2 is 1.92 bits per heavy atom. The molecule has 1 aliphatic heterocycles. The highest BCUT2D eigenvalue weighted by molar-refractivity contribution is 6.24. The van der Waals surface area contributed by atoms with E-state index < -0.39 is 18.0 Å². The monoisotopic (exact) mass is 325 g/mol. The zero-order valence-corrected chi connectivity index (χ0v) is 13.4. The second-order valence-electron chi connectivity index (χ2n) is 6.65. The summed E-state index contributed by atoms with van der Waals surface area (Å²) in [5, 5.41) is 0. The van der Waals surface area contributed by atoms with Crippen molar-refractivity contribution in [2.24, 2.45) is 5.92 Å². The van der Waals surface area contributed by atoms with Crippen LogP contribution < -0.4 is 0 Å². The Labute approximate surface area is 140 Å². The van der Waals surface area contributed by atoms with E-state index in [0.29, 0.717) is 6.42 Å². The van der Waals surface area contributed by atoms with Crippen LogP contribution in [0.3, 0.4) is 0 Å². The van der Waals surface area contributed by atoms with E-state index in [1.165, 1.54) is 0 Å². The van der Waals surface area contributed by atoms with Crippen molar-refractivity contribution in [3.63, 3.8) is 0 Å². The first-order valence-corrected chi connectivity index (χ1v) is 8.48. The first-order chi connectivity index (χ1) is 11.7. The minimum Gasteiger partial charge on any atom is -0.446 e. The van der Waals surface area contributed by atoms with Crippen LogP contribution in [0.2, 0.25) is 0 Å². The quantitative estimate of drug-likeness (QED) is 0.784. The maximum absolute atomic E-state index is 13.1. The van der Waals surface area contributed by atoms with Gasteiger partial charge in [0.1, 0.15) is 12.6 Å². The number of Topliss-reactive ketones (excluding diaryl/α,β-unsaturated/α-hetero) is 1. The summed E-state index contributed by atoms with van der Waals surface area (Å²) in [6.07, 6.45) is 3.61. The SMILES string of the molecule is O=C1CC2CCCCC2=C1C(=O)N1C(=O)OC[C@@H]1c1ccccc1. The van der Waals surface area contributed by atoms with Gasteiger partial charge in [-0.25, -0.2) is 9.69 Å². The fraction of sp³-hybridized carbons (Fsp3) is 0.421. The van der Waals surface area contributed by atoms with Crippen molar-refractivity contribution < 1.29 is 19.1 Å². The molecule has 1 saturated carbocycles. The molecule has 4 rings (SSSR count). The number of hydrogen-bond donors (Lipinski definition) is 0. The molecule has 2 fully saturated rings. The Morgan fingerprint density at radius 1 is 1.12 bits per heavy atom. The van der Waals surface area contributed by atoms with Crippen LogP contribution in [0.15, 0.2) is 41.5 Å². The fourth-order valence-corrected chi connectivity index (χ4v) is 4.09. The molecule has 5 heteroatoms. The van der Waals surface area contributed by atoms with Crippen molar-refractivity contribution in [3.05, 3.63) is 47.0 Å². The van der Waals surface area contributed by atoms with E-state index in [4.69, 9.17) is 4.74 Å². The summed E-state index contributed by atoms with van der Waals surface area (Å²) in [6, 6.07) is 8.87. The van der Waals surface area contributed by atoms with Crippen LogP contribution in [0, 0.1) is 5.92 Å². The number of cyclic esters (lactones) is 1.